The summed E-state index contributed by atoms with van der Waals surface area (Å²) in [6, 6.07) is 16.6. The molecule has 1 radical (unpaired) electrons. The maximum absolute atomic E-state index is 10.4. The van der Waals surface area contributed by atoms with Gasteiger partial charge in [0.2, 0.25) is 0 Å². The third kappa shape index (κ3) is 3.05. The highest BCUT2D eigenvalue weighted by atomic mass is 35.5. The molecule has 0 aliphatic carbocycles. The van der Waals surface area contributed by atoms with Crippen molar-refractivity contribution in [1.29, 1.82) is 0 Å². The summed E-state index contributed by atoms with van der Waals surface area (Å²) in [5, 5.41) is 15.5. The topological polar surface area (TPSA) is 29.5 Å². The van der Waals surface area contributed by atoms with Crippen LogP contribution in [-0.4, -0.2) is 23.8 Å². The number of hydrogen-bond donors (Lipinski definition) is 1. The Morgan fingerprint density at radius 1 is 0.926 bits per heavy atom. The molecule has 0 unspecified atom stereocenters. The first kappa shape index (κ1) is 18.8. The van der Waals surface area contributed by atoms with Crippen LogP contribution in [0.2, 0.25) is 5.02 Å². The number of thiophene rings is 1. The van der Waals surface area contributed by atoms with Gasteiger partial charge in [-0.15, -0.1) is 11.3 Å². The molecule has 2 nitrogen and oxygen atoms in total. The standard InChI is InChI=1S/C22H21BClO2S/c1-21(2,25)22(3,4)26-23-18-13-9-5-6-10-14(13)20-17(19(18)24)15-11-7-8-12-16(15)27-20/h5-12,25H,1-4H3. The van der Waals surface area contributed by atoms with E-state index < -0.39 is 11.2 Å². The van der Waals surface area contributed by atoms with Gasteiger partial charge in [-0.05, 0) is 50.0 Å². The fourth-order valence-corrected chi connectivity index (χ4v) is 4.73. The van der Waals surface area contributed by atoms with Gasteiger partial charge in [0, 0.05) is 25.2 Å². The zero-order valence-corrected chi connectivity index (χ0v) is 17.4. The second-order valence-electron chi connectivity index (χ2n) is 7.88. The van der Waals surface area contributed by atoms with Crippen LogP contribution in [0.3, 0.4) is 0 Å². The average molecular weight is 396 g/mol. The predicted octanol–water partition coefficient (Wildman–Crippen LogP) is 5.67. The van der Waals surface area contributed by atoms with Crippen LogP contribution in [-0.2, 0) is 4.65 Å². The van der Waals surface area contributed by atoms with E-state index >= 15 is 0 Å². The molecule has 27 heavy (non-hydrogen) atoms. The van der Waals surface area contributed by atoms with Gasteiger partial charge in [0.15, 0.2) is 0 Å². The van der Waals surface area contributed by atoms with Gasteiger partial charge in [0.25, 0.3) is 0 Å². The Kier molecular flexibility index (Phi) is 4.51. The second-order valence-corrected chi connectivity index (χ2v) is 9.31. The Morgan fingerprint density at radius 3 is 2.19 bits per heavy atom. The third-order valence-corrected chi connectivity index (χ3v) is 7.05. The Bertz CT molecular complexity index is 1160. The molecule has 1 aromatic heterocycles. The molecule has 1 N–H and O–H groups in total. The number of halogens is 1. The molecule has 0 bridgehead atoms. The number of rotatable bonds is 4. The van der Waals surface area contributed by atoms with Crippen molar-refractivity contribution in [3.8, 4) is 0 Å². The van der Waals surface area contributed by atoms with Gasteiger partial charge in [0.1, 0.15) is 0 Å². The predicted molar refractivity (Wildman–Crippen MR) is 119 cm³/mol. The molecule has 0 aliphatic heterocycles. The molecular weight excluding hydrogens is 375 g/mol. The van der Waals surface area contributed by atoms with Crippen LogP contribution in [0.4, 0.5) is 0 Å². The van der Waals surface area contributed by atoms with Gasteiger partial charge in [-0.2, -0.15) is 0 Å². The summed E-state index contributed by atoms with van der Waals surface area (Å²) in [6.07, 6.45) is 0. The van der Waals surface area contributed by atoms with Crippen LogP contribution in [0.1, 0.15) is 27.7 Å². The maximum atomic E-state index is 10.4. The van der Waals surface area contributed by atoms with Gasteiger partial charge in [0.05, 0.1) is 11.2 Å². The van der Waals surface area contributed by atoms with Crippen molar-refractivity contribution in [2.24, 2.45) is 0 Å². The fraction of sp³-hybridized carbons (Fsp3) is 0.273. The third-order valence-electron chi connectivity index (χ3n) is 5.46. The van der Waals surface area contributed by atoms with E-state index in [2.05, 4.69) is 30.3 Å². The van der Waals surface area contributed by atoms with E-state index in [1.165, 1.54) is 9.40 Å². The van der Waals surface area contributed by atoms with Crippen LogP contribution in [0.15, 0.2) is 48.5 Å². The molecule has 0 amide bonds. The van der Waals surface area contributed by atoms with Crippen molar-refractivity contribution in [3.63, 3.8) is 0 Å². The minimum atomic E-state index is -0.995. The summed E-state index contributed by atoms with van der Waals surface area (Å²) in [7, 11) is 1.70. The largest absolute Gasteiger partial charge is 0.427 e. The average Bonchev–Trinajstić information content (AvgIpc) is 3.00. The van der Waals surface area contributed by atoms with Gasteiger partial charge in [-0.1, -0.05) is 54.1 Å². The second kappa shape index (κ2) is 6.49. The van der Waals surface area contributed by atoms with E-state index in [0.717, 1.165) is 27.0 Å². The molecule has 0 aliphatic rings. The number of benzene rings is 3. The highest BCUT2D eigenvalue weighted by Gasteiger charge is 2.36. The van der Waals surface area contributed by atoms with Gasteiger partial charge in [-0.3, -0.25) is 0 Å². The summed E-state index contributed by atoms with van der Waals surface area (Å²) < 4.78 is 8.46. The van der Waals surface area contributed by atoms with E-state index in [1.807, 2.05) is 32.0 Å². The molecular formula is C22H21BClO2S. The molecule has 4 aromatic rings. The van der Waals surface area contributed by atoms with E-state index in [4.69, 9.17) is 16.3 Å². The molecule has 0 spiro atoms. The smallest absolute Gasteiger partial charge is 0.333 e. The van der Waals surface area contributed by atoms with Crippen molar-refractivity contribution in [2.75, 3.05) is 0 Å². The van der Waals surface area contributed by atoms with E-state index in [1.54, 1.807) is 32.7 Å². The Labute approximate surface area is 169 Å². The summed E-state index contributed by atoms with van der Waals surface area (Å²) in [4.78, 5) is 0. The molecule has 5 heteroatoms. The molecule has 137 valence electrons. The molecule has 1 heterocycles. The van der Waals surface area contributed by atoms with Crippen molar-refractivity contribution >= 4 is 66.8 Å². The van der Waals surface area contributed by atoms with Gasteiger partial charge in [-0.25, -0.2) is 0 Å². The van der Waals surface area contributed by atoms with Crippen molar-refractivity contribution < 1.29 is 9.76 Å². The summed E-state index contributed by atoms with van der Waals surface area (Å²) >= 11 is 8.68. The summed E-state index contributed by atoms with van der Waals surface area (Å²) in [6.45, 7) is 7.24. The van der Waals surface area contributed by atoms with Crippen molar-refractivity contribution in [2.45, 2.75) is 38.9 Å². The lowest BCUT2D eigenvalue weighted by molar-refractivity contribution is -0.0893. The number of fused-ring (bicyclic) bond motifs is 5. The van der Waals surface area contributed by atoms with Crippen LogP contribution >= 0.6 is 22.9 Å². The quantitative estimate of drug-likeness (QED) is 0.451. The van der Waals surface area contributed by atoms with Crippen LogP contribution in [0, 0.1) is 0 Å². The lowest BCUT2D eigenvalue weighted by Crippen LogP contribution is -2.49. The van der Waals surface area contributed by atoms with E-state index in [9.17, 15) is 5.11 Å². The first-order valence-electron chi connectivity index (χ1n) is 8.95. The highest BCUT2D eigenvalue weighted by Crippen LogP contribution is 2.41. The molecule has 0 saturated carbocycles. The SMILES string of the molecule is CC(C)(O)C(C)(C)O[B]c1c(Cl)c2c3ccccc3sc2c2ccccc12. The van der Waals surface area contributed by atoms with Crippen LogP contribution < -0.4 is 5.46 Å². The van der Waals surface area contributed by atoms with Crippen LogP contribution in [0.25, 0.3) is 30.9 Å². The molecule has 4 rings (SSSR count). The summed E-state index contributed by atoms with van der Waals surface area (Å²) in [5.41, 5.74) is -0.908. The molecule has 0 atom stereocenters. The Balaban J connectivity index is 1.96. The van der Waals surface area contributed by atoms with Crippen molar-refractivity contribution in [3.05, 3.63) is 53.6 Å². The Hall–Kier alpha value is -1.59. The van der Waals surface area contributed by atoms with Gasteiger partial charge >= 0.3 is 7.48 Å². The lowest BCUT2D eigenvalue weighted by atomic mass is 9.79. The van der Waals surface area contributed by atoms with E-state index in [-0.39, 0.29) is 0 Å². The zero-order valence-electron chi connectivity index (χ0n) is 15.8. The minimum absolute atomic E-state index is 0.688. The molecule has 3 aromatic carbocycles. The normalized spacial score (nSPS) is 13.0. The maximum Gasteiger partial charge on any atom is 0.333 e. The minimum Gasteiger partial charge on any atom is -0.427 e. The van der Waals surface area contributed by atoms with Crippen LogP contribution in [0.5, 0.6) is 0 Å². The zero-order chi connectivity index (χ0) is 19.4. The monoisotopic (exact) mass is 395 g/mol. The van der Waals surface area contributed by atoms with E-state index in [0.29, 0.717) is 5.02 Å². The lowest BCUT2D eigenvalue weighted by Gasteiger charge is -2.37. The first-order valence-corrected chi connectivity index (χ1v) is 10.1. The Morgan fingerprint density at radius 2 is 1.52 bits per heavy atom. The fourth-order valence-electron chi connectivity index (χ4n) is 3.09. The molecule has 0 saturated heterocycles. The summed E-state index contributed by atoms with van der Waals surface area (Å²) in [5.74, 6) is 0. The van der Waals surface area contributed by atoms with Crippen molar-refractivity contribution in [1.82, 2.24) is 0 Å². The van der Waals surface area contributed by atoms with Gasteiger partial charge < -0.3 is 9.76 Å². The first-order chi connectivity index (χ1) is 12.7. The molecule has 0 fully saturated rings. The number of aliphatic hydroxyl groups is 1. The highest BCUT2D eigenvalue weighted by molar-refractivity contribution is 7.26. The number of hydrogen-bond acceptors (Lipinski definition) is 3.